The molecule has 3 nitrogen and oxygen atoms in total. The van der Waals surface area contributed by atoms with E-state index in [1.54, 1.807) is 0 Å². The number of hydrogen-bond donors (Lipinski definition) is 0. The van der Waals surface area contributed by atoms with E-state index in [1.165, 1.54) is 38.2 Å². The van der Waals surface area contributed by atoms with E-state index in [4.69, 9.17) is 9.97 Å². The highest BCUT2D eigenvalue weighted by Crippen LogP contribution is 2.40. The first-order valence-electron chi connectivity index (χ1n) is 19.3. The lowest BCUT2D eigenvalue weighted by molar-refractivity contribution is 1.18. The number of aromatic nitrogens is 3. The molecule has 0 aliphatic rings. The molecule has 2 heterocycles. The number of nitrogens with zero attached hydrogens (tertiary/aromatic N) is 3. The molecule has 10 rings (SSSR count). The van der Waals surface area contributed by atoms with Crippen molar-refractivity contribution < 1.29 is 0 Å². The Bertz CT molecular complexity index is 2990. The van der Waals surface area contributed by atoms with Crippen LogP contribution in [0.5, 0.6) is 0 Å². The van der Waals surface area contributed by atoms with Crippen LogP contribution in [0.15, 0.2) is 206 Å². The smallest absolute Gasteiger partial charge is 0.160 e. The number of pyridine rings is 1. The molecule has 0 bridgehead atoms. The molecule has 0 saturated heterocycles. The summed E-state index contributed by atoms with van der Waals surface area (Å²) in [6.45, 7) is 2.05. The molecule has 0 saturated carbocycles. The zero-order chi connectivity index (χ0) is 38.1. The van der Waals surface area contributed by atoms with Crippen LogP contribution in [0.3, 0.4) is 0 Å². The predicted molar refractivity (Wildman–Crippen MR) is 238 cm³/mol. The van der Waals surface area contributed by atoms with E-state index in [0.29, 0.717) is 5.82 Å². The van der Waals surface area contributed by atoms with Gasteiger partial charge in [0.05, 0.1) is 11.4 Å². The molecule has 57 heavy (non-hydrogen) atoms. The van der Waals surface area contributed by atoms with Crippen LogP contribution in [-0.4, -0.2) is 15.0 Å². The van der Waals surface area contributed by atoms with Crippen molar-refractivity contribution in [3.63, 3.8) is 0 Å². The van der Waals surface area contributed by atoms with Gasteiger partial charge in [-0.1, -0.05) is 164 Å². The van der Waals surface area contributed by atoms with Crippen LogP contribution >= 0.6 is 0 Å². The molecule has 0 fully saturated rings. The molecule has 0 atom stereocenters. The molecule has 0 amide bonds. The summed E-state index contributed by atoms with van der Waals surface area (Å²) in [4.78, 5) is 15.0. The maximum absolute atomic E-state index is 5.25. The van der Waals surface area contributed by atoms with Gasteiger partial charge in [0, 0.05) is 34.1 Å². The van der Waals surface area contributed by atoms with Crippen LogP contribution in [0.1, 0.15) is 5.69 Å². The minimum atomic E-state index is 0.684. The quantitative estimate of drug-likeness (QED) is 0.153. The highest BCUT2D eigenvalue weighted by Gasteiger charge is 2.16. The van der Waals surface area contributed by atoms with Gasteiger partial charge in [0.15, 0.2) is 5.82 Å². The number of rotatable bonds is 7. The summed E-state index contributed by atoms with van der Waals surface area (Å²) in [5.41, 5.74) is 15.0. The first-order valence-corrected chi connectivity index (χ1v) is 19.3. The van der Waals surface area contributed by atoms with Crippen molar-refractivity contribution in [2.24, 2.45) is 0 Å². The second kappa shape index (κ2) is 14.6. The molecule has 0 unspecified atom stereocenters. The first kappa shape index (κ1) is 34.0. The molecule has 2 aromatic heterocycles. The van der Waals surface area contributed by atoms with E-state index in [1.807, 2.05) is 24.4 Å². The lowest BCUT2D eigenvalue weighted by atomic mass is 9.90. The van der Waals surface area contributed by atoms with Gasteiger partial charge >= 0.3 is 0 Å². The molecule has 10 aromatic rings. The number of fused-ring (bicyclic) bond motifs is 3. The van der Waals surface area contributed by atoms with Gasteiger partial charge in [0.1, 0.15) is 0 Å². The lowest BCUT2D eigenvalue weighted by Crippen LogP contribution is -1.97. The van der Waals surface area contributed by atoms with E-state index in [9.17, 15) is 0 Å². The van der Waals surface area contributed by atoms with Crippen LogP contribution in [0.4, 0.5) is 0 Å². The maximum Gasteiger partial charge on any atom is 0.160 e. The van der Waals surface area contributed by atoms with Gasteiger partial charge in [-0.15, -0.1) is 0 Å². The second-order valence-electron chi connectivity index (χ2n) is 14.5. The summed E-state index contributed by atoms with van der Waals surface area (Å²) in [5, 5.41) is 4.91. The summed E-state index contributed by atoms with van der Waals surface area (Å²) in [5.74, 6) is 0.684. The van der Waals surface area contributed by atoms with Crippen LogP contribution < -0.4 is 0 Å². The van der Waals surface area contributed by atoms with E-state index >= 15 is 0 Å². The fourth-order valence-electron chi connectivity index (χ4n) is 7.95. The molecule has 0 aliphatic heterocycles. The SMILES string of the molecule is Cc1ncccc1-c1ccc(-c2ccc(-c3cc(-c4nc(-c5ccccc5)cc(-c5ccccc5)n4)cc(-c4cc5ccccc5c5ccccc45)c3)cc2)cc1. The van der Waals surface area contributed by atoms with Crippen molar-refractivity contribution in [1.29, 1.82) is 0 Å². The Morgan fingerprint density at radius 2 is 0.825 bits per heavy atom. The topological polar surface area (TPSA) is 38.7 Å². The molecule has 0 N–H and O–H groups in total. The van der Waals surface area contributed by atoms with Crippen molar-refractivity contribution in [1.82, 2.24) is 15.0 Å². The third-order valence-electron chi connectivity index (χ3n) is 10.9. The molecular weight excluding hydrogens is 691 g/mol. The van der Waals surface area contributed by atoms with Crippen LogP contribution in [-0.2, 0) is 0 Å². The normalized spacial score (nSPS) is 11.2. The van der Waals surface area contributed by atoms with Crippen LogP contribution in [0, 0.1) is 6.92 Å². The van der Waals surface area contributed by atoms with Gasteiger partial charge in [0.2, 0.25) is 0 Å². The standard InChI is InChI=1S/C54H37N3/c1-36-47(21-12-30-55-36)40-28-26-38(27-29-40)37-22-24-39(25-23-37)44-31-45(51-34-43-17-8-9-18-48(43)49-19-10-11-20-50(49)51)33-46(32-44)54-56-52(41-13-4-2-5-14-41)35-53(57-54)42-15-6-3-7-16-42/h2-35H,1H3. The Balaban J connectivity index is 1.14. The molecule has 268 valence electrons. The Hall–Kier alpha value is -7.49. The Morgan fingerprint density at radius 3 is 1.46 bits per heavy atom. The average Bonchev–Trinajstić information content (AvgIpc) is 3.29. The van der Waals surface area contributed by atoms with Crippen molar-refractivity contribution in [3.8, 4) is 78.4 Å². The Kier molecular flexibility index (Phi) is 8.74. The monoisotopic (exact) mass is 727 g/mol. The largest absolute Gasteiger partial charge is 0.261 e. The zero-order valence-electron chi connectivity index (χ0n) is 31.5. The first-order chi connectivity index (χ1) is 28.1. The minimum absolute atomic E-state index is 0.684. The number of benzene rings is 8. The molecular formula is C54H37N3. The van der Waals surface area contributed by atoms with Crippen molar-refractivity contribution >= 4 is 21.5 Å². The van der Waals surface area contributed by atoms with Crippen molar-refractivity contribution in [2.75, 3.05) is 0 Å². The Labute approximate surface area is 332 Å². The van der Waals surface area contributed by atoms with Gasteiger partial charge in [-0.3, -0.25) is 4.98 Å². The molecule has 0 radical (unpaired) electrons. The molecule has 3 heteroatoms. The van der Waals surface area contributed by atoms with Gasteiger partial charge in [-0.2, -0.15) is 0 Å². The number of aryl methyl sites for hydroxylation is 1. The summed E-state index contributed by atoms with van der Waals surface area (Å²) in [6, 6.07) is 71.2. The van der Waals surface area contributed by atoms with Crippen molar-refractivity contribution in [3.05, 3.63) is 212 Å². The molecule has 0 aliphatic carbocycles. The van der Waals surface area contributed by atoms with Crippen LogP contribution in [0.25, 0.3) is 100.0 Å². The third kappa shape index (κ3) is 6.66. The average molecular weight is 728 g/mol. The third-order valence-corrected chi connectivity index (χ3v) is 10.9. The van der Waals surface area contributed by atoms with Gasteiger partial charge < -0.3 is 0 Å². The van der Waals surface area contributed by atoms with E-state index in [0.717, 1.165) is 61.6 Å². The van der Waals surface area contributed by atoms with Gasteiger partial charge in [0.25, 0.3) is 0 Å². The van der Waals surface area contributed by atoms with E-state index < -0.39 is 0 Å². The highest BCUT2D eigenvalue weighted by molar-refractivity contribution is 6.14. The van der Waals surface area contributed by atoms with Gasteiger partial charge in [-0.25, -0.2) is 9.97 Å². The zero-order valence-corrected chi connectivity index (χ0v) is 31.5. The van der Waals surface area contributed by atoms with Gasteiger partial charge in [-0.05, 0) is 104 Å². The minimum Gasteiger partial charge on any atom is -0.261 e. The number of hydrogen-bond acceptors (Lipinski definition) is 3. The van der Waals surface area contributed by atoms with E-state index in [2.05, 4.69) is 194 Å². The lowest BCUT2D eigenvalue weighted by Gasteiger charge is -2.15. The summed E-state index contributed by atoms with van der Waals surface area (Å²) in [7, 11) is 0. The fourth-order valence-corrected chi connectivity index (χ4v) is 7.95. The van der Waals surface area contributed by atoms with Crippen molar-refractivity contribution in [2.45, 2.75) is 6.92 Å². The second-order valence-corrected chi connectivity index (χ2v) is 14.5. The van der Waals surface area contributed by atoms with E-state index in [-0.39, 0.29) is 0 Å². The maximum atomic E-state index is 5.25. The van der Waals surface area contributed by atoms with Crippen LogP contribution in [0.2, 0.25) is 0 Å². The predicted octanol–water partition coefficient (Wildman–Crippen LogP) is 14.2. The summed E-state index contributed by atoms with van der Waals surface area (Å²) < 4.78 is 0. The highest BCUT2D eigenvalue weighted by atomic mass is 14.9. The molecule has 0 spiro atoms. The summed E-state index contributed by atoms with van der Waals surface area (Å²) >= 11 is 0. The Morgan fingerprint density at radius 1 is 0.316 bits per heavy atom. The molecule has 8 aromatic carbocycles. The summed E-state index contributed by atoms with van der Waals surface area (Å²) in [6.07, 6.45) is 1.84. The fraction of sp³-hybridized carbons (Fsp3) is 0.0185.